The van der Waals surface area contributed by atoms with Crippen LogP contribution < -0.4 is 0 Å². The number of rotatable bonds is 1. The summed E-state index contributed by atoms with van der Waals surface area (Å²) < 4.78 is 14.7. The molecule has 2 atom stereocenters. The molecular formula is C3H7CaO4P+2. The number of hydrogen-bond acceptors (Lipinski definition) is 2. The van der Waals surface area contributed by atoms with Crippen molar-refractivity contribution in [2.75, 3.05) is 0 Å². The third kappa shape index (κ3) is 2.85. The zero-order valence-corrected chi connectivity index (χ0v) is 8.12. The van der Waals surface area contributed by atoms with Crippen LogP contribution in [-0.4, -0.2) is 59.5 Å². The molecule has 1 saturated heterocycles. The zero-order chi connectivity index (χ0) is 6.36. The van der Waals surface area contributed by atoms with Crippen LogP contribution in [0.5, 0.6) is 0 Å². The van der Waals surface area contributed by atoms with Crippen LogP contribution in [0.3, 0.4) is 0 Å². The molecule has 9 heavy (non-hydrogen) atoms. The minimum atomic E-state index is -3.90. The average Bonchev–Trinajstić information content (AvgIpc) is 2.13. The summed E-state index contributed by atoms with van der Waals surface area (Å²) >= 11 is 0. The monoisotopic (exact) mass is 178 g/mol. The van der Waals surface area contributed by atoms with Crippen molar-refractivity contribution in [3.05, 3.63) is 0 Å². The van der Waals surface area contributed by atoms with E-state index in [-0.39, 0.29) is 43.8 Å². The predicted molar refractivity (Wildman–Crippen MR) is 32.1 cm³/mol. The van der Waals surface area contributed by atoms with Crippen LogP contribution in [0, 0.1) is 0 Å². The van der Waals surface area contributed by atoms with Gasteiger partial charge in [0.15, 0.2) is 5.85 Å². The topological polar surface area (TPSA) is 70.1 Å². The molecule has 0 saturated carbocycles. The normalized spacial score (nSPS) is 33.2. The number of epoxide rings is 1. The van der Waals surface area contributed by atoms with Crippen molar-refractivity contribution in [2.24, 2.45) is 0 Å². The molecule has 0 spiro atoms. The Bertz CT molecular complexity index is 143. The van der Waals surface area contributed by atoms with Gasteiger partial charge in [-0.05, 0) is 6.92 Å². The van der Waals surface area contributed by atoms with Crippen LogP contribution in [0.1, 0.15) is 6.92 Å². The molecule has 1 aliphatic rings. The molecule has 48 valence electrons. The molecule has 0 aromatic heterocycles. The first-order valence-corrected chi connectivity index (χ1v) is 3.90. The van der Waals surface area contributed by atoms with Crippen LogP contribution in [-0.2, 0) is 9.30 Å². The van der Waals surface area contributed by atoms with E-state index in [2.05, 4.69) is 4.74 Å². The Morgan fingerprint density at radius 1 is 1.56 bits per heavy atom. The fraction of sp³-hybridized carbons (Fsp3) is 1.00. The molecule has 0 aromatic rings. The van der Waals surface area contributed by atoms with E-state index in [1.54, 1.807) is 6.92 Å². The average molecular weight is 178 g/mol. The van der Waals surface area contributed by atoms with Gasteiger partial charge in [-0.2, -0.15) is 0 Å². The third-order valence-electron chi connectivity index (χ3n) is 1.01. The second kappa shape index (κ2) is 3.18. The van der Waals surface area contributed by atoms with E-state index in [0.717, 1.165) is 0 Å². The zero-order valence-electron chi connectivity index (χ0n) is 5.02. The van der Waals surface area contributed by atoms with E-state index in [0.29, 0.717) is 0 Å². The van der Waals surface area contributed by atoms with E-state index >= 15 is 0 Å². The van der Waals surface area contributed by atoms with Gasteiger partial charge in [0, 0.05) is 0 Å². The van der Waals surface area contributed by atoms with Crippen LogP contribution in [0.25, 0.3) is 0 Å². The molecule has 1 aliphatic heterocycles. The van der Waals surface area contributed by atoms with Crippen molar-refractivity contribution in [3.63, 3.8) is 0 Å². The van der Waals surface area contributed by atoms with Crippen molar-refractivity contribution in [2.45, 2.75) is 18.9 Å². The Hall–Kier alpha value is 1.37. The molecule has 0 bridgehead atoms. The molecule has 0 unspecified atom stereocenters. The van der Waals surface area contributed by atoms with E-state index in [4.69, 9.17) is 9.79 Å². The van der Waals surface area contributed by atoms with Gasteiger partial charge < -0.3 is 14.5 Å². The fourth-order valence-electron chi connectivity index (χ4n) is 0.527. The van der Waals surface area contributed by atoms with Gasteiger partial charge in [0.25, 0.3) is 0 Å². The molecule has 4 nitrogen and oxygen atoms in total. The molecule has 6 heteroatoms. The van der Waals surface area contributed by atoms with Crippen LogP contribution in [0.15, 0.2) is 0 Å². The molecule has 0 aromatic carbocycles. The predicted octanol–water partition coefficient (Wildman–Crippen LogP) is -0.472. The van der Waals surface area contributed by atoms with Crippen molar-refractivity contribution < 1.29 is 19.1 Å². The van der Waals surface area contributed by atoms with Gasteiger partial charge in [-0.3, -0.25) is 4.57 Å². The Morgan fingerprint density at radius 2 is 1.89 bits per heavy atom. The Kier molecular flexibility index (Phi) is 3.66. The maximum atomic E-state index is 10.2. The standard InChI is InChI=1S/C3H7O4P.Ca/c1-2-3(7-2)8(4,5)6;/h2-3H,1H3,(H2,4,5,6);/q;+2/t2-,3+;/m0./s1. The Morgan fingerprint density at radius 3 is 1.89 bits per heavy atom. The summed E-state index contributed by atoms with van der Waals surface area (Å²) in [6.45, 7) is 1.63. The van der Waals surface area contributed by atoms with Crippen molar-refractivity contribution in [1.82, 2.24) is 0 Å². The van der Waals surface area contributed by atoms with E-state index in [1.807, 2.05) is 0 Å². The van der Waals surface area contributed by atoms with Gasteiger partial charge in [0.2, 0.25) is 0 Å². The quantitative estimate of drug-likeness (QED) is 0.323. The maximum Gasteiger partial charge on any atom is 2.00 e. The van der Waals surface area contributed by atoms with Crippen molar-refractivity contribution >= 4 is 45.3 Å². The summed E-state index contributed by atoms with van der Waals surface area (Å²) in [4.78, 5) is 16.6. The van der Waals surface area contributed by atoms with Crippen LogP contribution in [0.2, 0.25) is 0 Å². The first-order chi connectivity index (χ1) is 3.52. The molecular weight excluding hydrogens is 171 g/mol. The van der Waals surface area contributed by atoms with Crippen molar-refractivity contribution in [1.29, 1.82) is 0 Å². The smallest absolute Gasteiger partial charge is 0.356 e. The number of ether oxygens (including phenoxy) is 1. The molecule has 2 N–H and O–H groups in total. The summed E-state index contributed by atoms with van der Waals surface area (Å²) in [6.07, 6.45) is -0.254. The summed E-state index contributed by atoms with van der Waals surface area (Å²) in [5.74, 6) is -0.817. The Labute approximate surface area is 82.7 Å². The van der Waals surface area contributed by atoms with Gasteiger partial charge in [-0.25, -0.2) is 0 Å². The third-order valence-corrected chi connectivity index (χ3v) is 2.22. The van der Waals surface area contributed by atoms with Gasteiger partial charge in [0.05, 0.1) is 6.10 Å². The van der Waals surface area contributed by atoms with Crippen molar-refractivity contribution in [3.8, 4) is 0 Å². The van der Waals surface area contributed by atoms with Crippen LogP contribution >= 0.6 is 7.60 Å². The van der Waals surface area contributed by atoms with Gasteiger partial charge in [-0.1, -0.05) is 0 Å². The summed E-state index contributed by atoms with van der Waals surface area (Å²) in [7, 11) is -3.90. The van der Waals surface area contributed by atoms with Gasteiger partial charge in [-0.15, -0.1) is 0 Å². The van der Waals surface area contributed by atoms with Gasteiger partial charge in [0.1, 0.15) is 0 Å². The molecule has 0 aliphatic carbocycles. The molecule has 0 radical (unpaired) electrons. The summed E-state index contributed by atoms with van der Waals surface area (Å²) in [5.41, 5.74) is 0. The molecule has 0 amide bonds. The second-order valence-corrected chi connectivity index (χ2v) is 3.51. The fourth-order valence-corrected chi connectivity index (χ4v) is 1.42. The minimum absolute atomic E-state index is 0. The Balaban J connectivity index is 0.000000640. The van der Waals surface area contributed by atoms with E-state index < -0.39 is 13.4 Å². The van der Waals surface area contributed by atoms with Gasteiger partial charge >= 0.3 is 45.3 Å². The SMILES string of the molecule is C[C@@H]1O[C@@H]1P(=O)(O)O.[Ca+2]. The second-order valence-electron chi connectivity index (χ2n) is 1.82. The maximum absolute atomic E-state index is 10.2. The first-order valence-electron chi connectivity index (χ1n) is 2.22. The van der Waals surface area contributed by atoms with E-state index in [9.17, 15) is 4.57 Å². The molecule has 1 heterocycles. The minimum Gasteiger partial charge on any atom is -0.356 e. The van der Waals surface area contributed by atoms with Crippen LogP contribution in [0.4, 0.5) is 0 Å². The summed E-state index contributed by atoms with van der Waals surface area (Å²) in [5, 5.41) is 0. The number of hydrogen-bond donors (Lipinski definition) is 2. The molecule has 1 rings (SSSR count). The molecule has 1 fully saturated rings. The first kappa shape index (κ1) is 10.4. The largest absolute Gasteiger partial charge is 2.00 e. The summed E-state index contributed by atoms with van der Waals surface area (Å²) in [6, 6.07) is 0. The van der Waals surface area contributed by atoms with E-state index in [1.165, 1.54) is 0 Å².